The average molecular weight is 329 g/mol. The summed E-state index contributed by atoms with van der Waals surface area (Å²) in [6.45, 7) is 2.82. The standard InChI is InChI=1S/C18H23N3O3/c1-22-15-6-4-13(5-7-15)17-19-18(24-20-17)16-3-2-10-21(16)14-8-11-23-12-9-14/h4-7,14,16H,2-3,8-12H2,1H3/t16-/m0/s1. The van der Waals surface area contributed by atoms with Crippen LogP contribution in [0.4, 0.5) is 0 Å². The Morgan fingerprint density at radius 2 is 1.92 bits per heavy atom. The minimum absolute atomic E-state index is 0.243. The van der Waals surface area contributed by atoms with E-state index in [0.29, 0.717) is 11.9 Å². The summed E-state index contributed by atoms with van der Waals surface area (Å²) in [5.74, 6) is 2.21. The van der Waals surface area contributed by atoms with Gasteiger partial charge >= 0.3 is 0 Å². The third-order valence-electron chi connectivity index (χ3n) is 5.03. The van der Waals surface area contributed by atoms with E-state index >= 15 is 0 Å². The molecule has 0 N–H and O–H groups in total. The normalized spacial score (nSPS) is 22.8. The maximum absolute atomic E-state index is 5.62. The van der Waals surface area contributed by atoms with Gasteiger partial charge in [0.15, 0.2) is 0 Å². The number of methoxy groups -OCH3 is 1. The number of hydrogen-bond acceptors (Lipinski definition) is 6. The highest BCUT2D eigenvalue weighted by molar-refractivity contribution is 5.55. The van der Waals surface area contributed by atoms with Crippen molar-refractivity contribution in [2.24, 2.45) is 0 Å². The Balaban J connectivity index is 1.52. The van der Waals surface area contributed by atoms with Gasteiger partial charge in [0.05, 0.1) is 13.2 Å². The SMILES string of the molecule is COc1ccc(-c2noc([C@@H]3CCCN3C3CCOCC3)n2)cc1. The van der Waals surface area contributed by atoms with Crippen LogP contribution in [0.3, 0.4) is 0 Å². The van der Waals surface area contributed by atoms with Crippen molar-refractivity contribution in [2.45, 2.75) is 37.8 Å². The van der Waals surface area contributed by atoms with Crippen LogP contribution >= 0.6 is 0 Å². The molecule has 24 heavy (non-hydrogen) atoms. The summed E-state index contributed by atoms with van der Waals surface area (Å²) >= 11 is 0. The van der Waals surface area contributed by atoms with Gasteiger partial charge in [-0.25, -0.2) is 0 Å². The van der Waals surface area contributed by atoms with Gasteiger partial charge in [-0.2, -0.15) is 4.98 Å². The van der Waals surface area contributed by atoms with E-state index in [9.17, 15) is 0 Å². The van der Waals surface area contributed by atoms with Crippen LogP contribution in [0.15, 0.2) is 28.8 Å². The molecule has 2 aromatic rings. The third-order valence-corrected chi connectivity index (χ3v) is 5.03. The lowest BCUT2D eigenvalue weighted by Gasteiger charge is -2.33. The van der Waals surface area contributed by atoms with Crippen LogP contribution in [0, 0.1) is 0 Å². The quantitative estimate of drug-likeness (QED) is 0.859. The maximum Gasteiger partial charge on any atom is 0.244 e. The number of hydrogen-bond donors (Lipinski definition) is 0. The highest BCUT2D eigenvalue weighted by Crippen LogP contribution is 2.35. The number of likely N-dealkylation sites (tertiary alicyclic amines) is 1. The Hall–Kier alpha value is -1.92. The van der Waals surface area contributed by atoms with Gasteiger partial charge in [0.2, 0.25) is 11.7 Å². The molecule has 2 saturated heterocycles. The molecule has 0 saturated carbocycles. The fourth-order valence-electron chi connectivity index (χ4n) is 3.74. The molecule has 6 heteroatoms. The van der Waals surface area contributed by atoms with Crippen LogP contribution < -0.4 is 4.74 Å². The number of aromatic nitrogens is 2. The summed E-state index contributed by atoms with van der Waals surface area (Å²) in [6.07, 6.45) is 4.45. The summed E-state index contributed by atoms with van der Waals surface area (Å²) in [7, 11) is 1.66. The second-order valence-corrected chi connectivity index (χ2v) is 6.42. The second-order valence-electron chi connectivity index (χ2n) is 6.42. The summed E-state index contributed by atoms with van der Waals surface area (Å²) in [6, 6.07) is 8.55. The molecular weight excluding hydrogens is 306 g/mol. The van der Waals surface area contributed by atoms with Crippen molar-refractivity contribution < 1.29 is 14.0 Å². The Labute approximate surface area is 141 Å². The number of nitrogens with zero attached hydrogens (tertiary/aromatic N) is 3. The topological polar surface area (TPSA) is 60.6 Å². The lowest BCUT2D eigenvalue weighted by atomic mass is 10.1. The molecule has 2 fully saturated rings. The molecule has 0 aliphatic carbocycles. The number of ether oxygens (including phenoxy) is 2. The predicted molar refractivity (Wildman–Crippen MR) is 88.8 cm³/mol. The Kier molecular flexibility index (Phi) is 4.49. The monoisotopic (exact) mass is 329 g/mol. The van der Waals surface area contributed by atoms with Crippen LogP contribution in [0.25, 0.3) is 11.4 Å². The van der Waals surface area contributed by atoms with Gasteiger partial charge in [-0.3, -0.25) is 4.90 Å². The zero-order chi connectivity index (χ0) is 16.4. The zero-order valence-corrected chi connectivity index (χ0v) is 14.0. The van der Waals surface area contributed by atoms with Gasteiger partial charge < -0.3 is 14.0 Å². The van der Waals surface area contributed by atoms with E-state index in [1.807, 2.05) is 24.3 Å². The largest absolute Gasteiger partial charge is 0.497 e. The first-order chi connectivity index (χ1) is 11.8. The van der Waals surface area contributed by atoms with Crippen LogP contribution in [0.2, 0.25) is 0 Å². The number of benzene rings is 1. The fourth-order valence-corrected chi connectivity index (χ4v) is 3.74. The molecule has 128 valence electrons. The van der Waals surface area contributed by atoms with E-state index in [1.165, 1.54) is 6.42 Å². The molecule has 0 unspecified atom stereocenters. The van der Waals surface area contributed by atoms with Gasteiger partial charge in [0, 0.05) is 24.8 Å². The van der Waals surface area contributed by atoms with Crippen molar-refractivity contribution in [3.8, 4) is 17.1 Å². The molecule has 6 nitrogen and oxygen atoms in total. The summed E-state index contributed by atoms with van der Waals surface area (Å²) in [4.78, 5) is 7.21. The fraction of sp³-hybridized carbons (Fsp3) is 0.556. The van der Waals surface area contributed by atoms with Crippen LogP contribution in [0.5, 0.6) is 5.75 Å². The lowest BCUT2D eigenvalue weighted by Crippen LogP contribution is -2.39. The predicted octanol–water partition coefficient (Wildman–Crippen LogP) is 3.06. The summed E-state index contributed by atoms with van der Waals surface area (Å²) in [5, 5.41) is 4.19. The van der Waals surface area contributed by atoms with E-state index < -0.39 is 0 Å². The van der Waals surface area contributed by atoms with Crippen molar-refractivity contribution >= 4 is 0 Å². The molecule has 0 amide bonds. The van der Waals surface area contributed by atoms with Gasteiger partial charge in [-0.1, -0.05) is 5.16 Å². The van der Waals surface area contributed by atoms with Crippen LogP contribution in [-0.4, -0.2) is 48.0 Å². The Morgan fingerprint density at radius 1 is 1.12 bits per heavy atom. The summed E-state index contributed by atoms with van der Waals surface area (Å²) < 4.78 is 16.3. The van der Waals surface area contributed by atoms with Gasteiger partial charge in [-0.15, -0.1) is 0 Å². The first kappa shape index (κ1) is 15.6. The molecule has 2 aliphatic rings. The van der Waals surface area contributed by atoms with E-state index in [2.05, 4.69) is 15.0 Å². The average Bonchev–Trinajstić information content (AvgIpc) is 3.32. The maximum atomic E-state index is 5.62. The van der Waals surface area contributed by atoms with Crippen molar-refractivity contribution in [3.05, 3.63) is 30.2 Å². The zero-order valence-electron chi connectivity index (χ0n) is 14.0. The molecule has 0 bridgehead atoms. The third kappa shape index (κ3) is 3.03. The Bertz CT molecular complexity index is 664. The Morgan fingerprint density at radius 3 is 2.67 bits per heavy atom. The van der Waals surface area contributed by atoms with Crippen molar-refractivity contribution in [1.82, 2.24) is 15.0 Å². The molecule has 0 spiro atoms. The molecular formula is C18H23N3O3. The van der Waals surface area contributed by atoms with E-state index in [0.717, 1.165) is 56.2 Å². The highest BCUT2D eigenvalue weighted by Gasteiger charge is 2.35. The van der Waals surface area contributed by atoms with Gasteiger partial charge in [-0.05, 0) is 56.5 Å². The summed E-state index contributed by atoms with van der Waals surface area (Å²) in [5.41, 5.74) is 0.946. The minimum Gasteiger partial charge on any atom is -0.497 e. The van der Waals surface area contributed by atoms with Crippen LogP contribution in [-0.2, 0) is 4.74 Å². The second kappa shape index (κ2) is 6.91. The molecule has 1 aromatic heterocycles. The molecule has 2 aliphatic heterocycles. The molecule has 1 aromatic carbocycles. The molecule has 4 rings (SSSR count). The van der Waals surface area contributed by atoms with Crippen LogP contribution in [0.1, 0.15) is 37.6 Å². The van der Waals surface area contributed by atoms with E-state index in [4.69, 9.17) is 14.0 Å². The minimum atomic E-state index is 0.243. The molecule has 0 radical (unpaired) electrons. The first-order valence-corrected chi connectivity index (χ1v) is 8.66. The van der Waals surface area contributed by atoms with Gasteiger partial charge in [0.25, 0.3) is 0 Å². The van der Waals surface area contributed by atoms with Gasteiger partial charge in [0.1, 0.15) is 5.75 Å². The first-order valence-electron chi connectivity index (χ1n) is 8.66. The number of rotatable bonds is 4. The smallest absolute Gasteiger partial charge is 0.244 e. The lowest BCUT2D eigenvalue weighted by molar-refractivity contribution is 0.0243. The van der Waals surface area contributed by atoms with Crippen molar-refractivity contribution in [3.63, 3.8) is 0 Å². The van der Waals surface area contributed by atoms with E-state index in [1.54, 1.807) is 7.11 Å². The van der Waals surface area contributed by atoms with E-state index in [-0.39, 0.29) is 6.04 Å². The van der Waals surface area contributed by atoms with Crippen molar-refractivity contribution in [1.29, 1.82) is 0 Å². The highest BCUT2D eigenvalue weighted by atomic mass is 16.5. The van der Waals surface area contributed by atoms with Crippen molar-refractivity contribution in [2.75, 3.05) is 26.9 Å². The molecule has 1 atom stereocenters. The molecule has 3 heterocycles.